The molecule has 4 nitrogen and oxygen atoms in total. The van der Waals surface area contributed by atoms with Crippen molar-refractivity contribution in [3.63, 3.8) is 0 Å². The van der Waals surface area contributed by atoms with Gasteiger partial charge in [-0.1, -0.05) is 30.3 Å². The van der Waals surface area contributed by atoms with Gasteiger partial charge in [0.25, 0.3) is 0 Å². The van der Waals surface area contributed by atoms with E-state index in [1.165, 1.54) is 0 Å². The van der Waals surface area contributed by atoms with Crippen molar-refractivity contribution < 1.29 is 22.7 Å². The number of amides is 1. The van der Waals surface area contributed by atoms with Crippen LogP contribution in [0.4, 0.5) is 13.2 Å². The Bertz CT molecular complexity index is 605. The normalized spacial score (nSPS) is 22.4. The molecule has 0 spiro atoms. The predicted octanol–water partition coefficient (Wildman–Crippen LogP) is 3.18. The molecule has 1 aromatic carbocycles. The van der Waals surface area contributed by atoms with Crippen LogP contribution in [0.5, 0.6) is 0 Å². The fraction of sp³-hybridized carbons (Fsp3) is 0.632. The molecule has 0 N–H and O–H groups in total. The summed E-state index contributed by atoms with van der Waals surface area (Å²) in [6.07, 6.45) is -3.58. The Labute approximate surface area is 151 Å². The molecule has 1 aromatic rings. The Hall–Kier alpha value is -1.60. The van der Waals surface area contributed by atoms with Crippen LogP contribution in [-0.2, 0) is 14.9 Å². The Balaban J connectivity index is 1.73. The third kappa shape index (κ3) is 4.20. The minimum absolute atomic E-state index is 0.0438. The van der Waals surface area contributed by atoms with Crippen molar-refractivity contribution in [1.82, 2.24) is 9.80 Å². The highest BCUT2D eigenvalue weighted by Gasteiger charge is 2.45. The molecule has 2 fully saturated rings. The second kappa shape index (κ2) is 7.56. The number of likely N-dealkylation sites (tertiary alicyclic amines) is 2. The highest BCUT2D eigenvalue weighted by atomic mass is 19.4. The molecule has 7 heteroatoms. The number of hydrogen-bond acceptors (Lipinski definition) is 3. The van der Waals surface area contributed by atoms with Gasteiger partial charge in [0.15, 0.2) is 0 Å². The summed E-state index contributed by atoms with van der Waals surface area (Å²) < 4.78 is 41.3. The maximum Gasteiger partial charge on any atom is 0.522 e. The van der Waals surface area contributed by atoms with E-state index in [1.807, 2.05) is 37.4 Å². The van der Waals surface area contributed by atoms with Crippen LogP contribution in [0.15, 0.2) is 30.3 Å². The number of piperidine rings is 2. The molecule has 3 rings (SSSR count). The molecule has 144 valence electrons. The van der Waals surface area contributed by atoms with Gasteiger partial charge >= 0.3 is 6.36 Å². The van der Waals surface area contributed by atoms with Crippen LogP contribution in [0.1, 0.15) is 31.2 Å². The number of carbonyl (C=O) groups excluding carboxylic acids is 1. The smallest absolute Gasteiger partial charge is 0.342 e. The quantitative estimate of drug-likeness (QED) is 0.819. The van der Waals surface area contributed by atoms with Gasteiger partial charge in [0.05, 0.1) is 11.5 Å². The molecule has 2 saturated heterocycles. The Kier molecular flexibility index (Phi) is 5.58. The van der Waals surface area contributed by atoms with Crippen molar-refractivity contribution in [3.8, 4) is 0 Å². The van der Waals surface area contributed by atoms with E-state index < -0.39 is 17.9 Å². The van der Waals surface area contributed by atoms with Gasteiger partial charge in [0.1, 0.15) is 0 Å². The first-order valence-electron chi connectivity index (χ1n) is 9.08. The zero-order valence-corrected chi connectivity index (χ0v) is 15.0. The van der Waals surface area contributed by atoms with E-state index in [0.717, 1.165) is 31.5 Å². The van der Waals surface area contributed by atoms with Crippen molar-refractivity contribution >= 4 is 5.91 Å². The summed E-state index contributed by atoms with van der Waals surface area (Å²) >= 11 is 0. The number of carbonyl (C=O) groups is 1. The molecular weight excluding hydrogens is 345 g/mol. The predicted molar refractivity (Wildman–Crippen MR) is 91.6 cm³/mol. The van der Waals surface area contributed by atoms with Crippen LogP contribution in [-0.4, -0.2) is 61.4 Å². The molecule has 0 unspecified atom stereocenters. The maximum absolute atomic E-state index is 13.4. The van der Waals surface area contributed by atoms with Crippen molar-refractivity contribution in [3.05, 3.63) is 35.9 Å². The minimum Gasteiger partial charge on any atom is -0.342 e. The number of hydrogen-bond donors (Lipinski definition) is 0. The maximum atomic E-state index is 13.4. The zero-order chi connectivity index (χ0) is 18.8. The van der Waals surface area contributed by atoms with E-state index in [4.69, 9.17) is 0 Å². The number of halogens is 3. The number of benzene rings is 1. The van der Waals surface area contributed by atoms with E-state index in [1.54, 1.807) is 4.90 Å². The minimum atomic E-state index is -4.62. The van der Waals surface area contributed by atoms with Crippen LogP contribution in [0, 0.1) is 0 Å². The van der Waals surface area contributed by atoms with Gasteiger partial charge in [-0.3, -0.25) is 9.53 Å². The molecule has 26 heavy (non-hydrogen) atoms. The summed E-state index contributed by atoms with van der Waals surface area (Å²) in [5, 5.41) is 0. The monoisotopic (exact) mass is 370 g/mol. The van der Waals surface area contributed by atoms with E-state index in [9.17, 15) is 18.0 Å². The van der Waals surface area contributed by atoms with Gasteiger partial charge in [0, 0.05) is 13.1 Å². The first kappa shape index (κ1) is 19.2. The van der Waals surface area contributed by atoms with Crippen LogP contribution in [0.3, 0.4) is 0 Å². The van der Waals surface area contributed by atoms with E-state index in [-0.39, 0.29) is 18.7 Å². The lowest BCUT2D eigenvalue weighted by molar-refractivity contribution is -0.345. The van der Waals surface area contributed by atoms with E-state index in [0.29, 0.717) is 13.1 Å². The topological polar surface area (TPSA) is 32.8 Å². The van der Waals surface area contributed by atoms with E-state index in [2.05, 4.69) is 9.64 Å². The largest absolute Gasteiger partial charge is 0.522 e. The van der Waals surface area contributed by atoms with Crippen LogP contribution < -0.4 is 0 Å². The highest BCUT2D eigenvalue weighted by molar-refractivity contribution is 5.88. The van der Waals surface area contributed by atoms with Crippen molar-refractivity contribution in [2.45, 2.75) is 43.6 Å². The van der Waals surface area contributed by atoms with Crippen molar-refractivity contribution in [2.75, 3.05) is 33.2 Å². The Morgan fingerprint density at radius 1 is 1.08 bits per heavy atom. The molecular formula is C19H25F3N2O2. The van der Waals surface area contributed by atoms with Gasteiger partial charge in [-0.25, -0.2) is 0 Å². The number of rotatable bonds is 3. The third-order valence-corrected chi connectivity index (χ3v) is 5.61. The summed E-state index contributed by atoms with van der Waals surface area (Å²) in [5.41, 5.74) is 0.428. The molecule has 2 heterocycles. The highest BCUT2D eigenvalue weighted by Crippen LogP contribution is 2.38. The summed E-state index contributed by atoms with van der Waals surface area (Å²) in [7, 11) is 2.04. The standard InChI is InChI=1S/C19H25F3N2O2/c1-23-13-9-18(10-14-23,15-5-3-2-4-6-15)17(25)24-11-7-16(8-12-24)26-19(20,21)22/h2-6,16H,7-14H2,1H3. The summed E-state index contributed by atoms with van der Waals surface area (Å²) in [5.74, 6) is 0.0438. The summed E-state index contributed by atoms with van der Waals surface area (Å²) in [6, 6.07) is 9.78. The Morgan fingerprint density at radius 3 is 2.19 bits per heavy atom. The molecule has 1 amide bonds. The molecule has 0 aromatic heterocycles. The van der Waals surface area contributed by atoms with Gasteiger partial charge in [-0.2, -0.15) is 0 Å². The van der Waals surface area contributed by atoms with Crippen LogP contribution in [0.2, 0.25) is 0 Å². The fourth-order valence-electron chi connectivity index (χ4n) is 4.05. The Morgan fingerprint density at radius 2 is 1.65 bits per heavy atom. The van der Waals surface area contributed by atoms with Gasteiger partial charge in [-0.15, -0.1) is 13.2 Å². The van der Waals surface area contributed by atoms with E-state index >= 15 is 0 Å². The molecule has 2 aliphatic rings. The molecule has 0 bridgehead atoms. The number of ether oxygens (including phenoxy) is 1. The van der Waals surface area contributed by atoms with Gasteiger partial charge in [0.2, 0.25) is 5.91 Å². The second-order valence-electron chi connectivity index (χ2n) is 7.31. The average Bonchev–Trinajstić information content (AvgIpc) is 2.62. The first-order chi connectivity index (χ1) is 12.3. The number of nitrogens with zero attached hydrogens (tertiary/aromatic N) is 2. The first-order valence-corrected chi connectivity index (χ1v) is 9.08. The SMILES string of the molecule is CN1CCC(C(=O)N2CCC(OC(F)(F)F)CC2)(c2ccccc2)CC1. The van der Waals surface area contributed by atoms with Crippen molar-refractivity contribution in [1.29, 1.82) is 0 Å². The molecule has 2 aliphatic heterocycles. The lowest BCUT2D eigenvalue weighted by atomic mass is 9.71. The van der Waals surface area contributed by atoms with Crippen LogP contribution >= 0.6 is 0 Å². The fourth-order valence-corrected chi connectivity index (χ4v) is 4.05. The molecule has 0 atom stereocenters. The molecule has 0 saturated carbocycles. The lowest BCUT2D eigenvalue weighted by Crippen LogP contribution is -2.54. The van der Waals surface area contributed by atoms with Gasteiger partial charge < -0.3 is 9.80 Å². The van der Waals surface area contributed by atoms with Crippen LogP contribution in [0.25, 0.3) is 0 Å². The van der Waals surface area contributed by atoms with Crippen molar-refractivity contribution in [2.24, 2.45) is 0 Å². The lowest BCUT2D eigenvalue weighted by Gasteiger charge is -2.44. The second-order valence-corrected chi connectivity index (χ2v) is 7.31. The third-order valence-electron chi connectivity index (χ3n) is 5.61. The summed E-state index contributed by atoms with van der Waals surface area (Å²) in [4.78, 5) is 17.4. The average molecular weight is 370 g/mol. The zero-order valence-electron chi connectivity index (χ0n) is 15.0. The molecule has 0 radical (unpaired) electrons. The number of alkyl halides is 3. The van der Waals surface area contributed by atoms with Gasteiger partial charge in [-0.05, 0) is 51.4 Å². The summed E-state index contributed by atoms with van der Waals surface area (Å²) in [6.45, 7) is 2.27. The molecule has 0 aliphatic carbocycles.